The van der Waals surface area contributed by atoms with Crippen LogP contribution in [-0.4, -0.2) is 19.1 Å². The van der Waals surface area contributed by atoms with Crippen molar-refractivity contribution in [1.82, 2.24) is 0 Å². The fourth-order valence-corrected chi connectivity index (χ4v) is 1.57. The molecule has 1 atom stereocenters. The summed E-state index contributed by atoms with van der Waals surface area (Å²) in [5.74, 6) is 0.115. The molecule has 0 aromatic heterocycles. The highest BCUT2D eigenvalue weighted by molar-refractivity contribution is 5.75. The summed E-state index contributed by atoms with van der Waals surface area (Å²) < 4.78 is 4.60. The van der Waals surface area contributed by atoms with Gasteiger partial charge in [-0.05, 0) is 23.5 Å². The molecular weight excluding hydrogens is 202 g/mol. The van der Waals surface area contributed by atoms with Gasteiger partial charge in [0.15, 0.2) is 0 Å². The Kier molecular flexibility index (Phi) is 4.50. The van der Waals surface area contributed by atoms with Crippen molar-refractivity contribution >= 4 is 5.97 Å². The van der Waals surface area contributed by atoms with Crippen LogP contribution in [0.1, 0.15) is 30.9 Å². The molecule has 0 amide bonds. The minimum absolute atomic E-state index is 0.366. The summed E-state index contributed by atoms with van der Waals surface area (Å²) >= 11 is 0. The zero-order valence-electron chi connectivity index (χ0n) is 10.1. The van der Waals surface area contributed by atoms with Gasteiger partial charge in [0.05, 0.1) is 7.11 Å². The van der Waals surface area contributed by atoms with Crippen molar-refractivity contribution in [1.29, 1.82) is 0 Å². The number of benzene rings is 1. The summed E-state index contributed by atoms with van der Waals surface area (Å²) in [7, 11) is 1.35. The molecule has 16 heavy (non-hydrogen) atoms. The van der Waals surface area contributed by atoms with Crippen LogP contribution in [0.25, 0.3) is 0 Å². The van der Waals surface area contributed by atoms with Crippen LogP contribution in [0, 0.1) is 0 Å². The van der Waals surface area contributed by atoms with Gasteiger partial charge in [0.1, 0.15) is 6.04 Å². The van der Waals surface area contributed by atoms with Crippen molar-refractivity contribution in [3.05, 3.63) is 35.4 Å². The number of carbonyl (C=O) groups is 1. The zero-order chi connectivity index (χ0) is 12.1. The number of nitrogens with two attached hydrogens (primary N) is 1. The lowest BCUT2D eigenvalue weighted by Gasteiger charge is -2.11. The Morgan fingerprint density at radius 3 is 2.69 bits per heavy atom. The Morgan fingerprint density at radius 2 is 2.12 bits per heavy atom. The number of esters is 1. The van der Waals surface area contributed by atoms with Crippen molar-refractivity contribution in [2.45, 2.75) is 32.2 Å². The first-order chi connectivity index (χ1) is 7.54. The Morgan fingerprint density at radius 1 is 1.44 bits per heavy atom. The molecule has 0 aliphatic rings. The topological polar surface area (TPSA) is 52.3 Å². The highest BCUT2D eigenvalue weighted by Crippen LogP contribution is 2.16. The fraction of sp³-hybridized carbons (Fsp3) is 0.462. The largest absolute Gasteiger partial charge is 0.468 e. The molecule has 0 saturated carbocycles. The smallest absolute Gasteiger partial charge is 0.322 e. The van der Waals surface area contributed by atoms with Crippen LogP contribution in [0.15, 0.2) is 24.3 Å². The van der Waals surface area contributed by atoms with Crippen LogP contribution in [0.5, 0.6) is 0 Å². The molecule has 0 radical (unpaired) electrons. The van der Waals surface area contributed by atoms with Crippen molar-refractivity contribution in [2.24, 2.45) is 5.73 Å². The second-order valence-corrected chi connectivity index (χ2v) is 4.23. The SMILES string of the molecule is COC(=O)[C@H](N)Cc1cccc(C(C)C)c1. The number of carbonyl (C=O) groups excluding carboxylic acids is 1. The molecule has 0 fully saturated rings. The maximum absolute atomic E-state index is 11.2. The molecule has 0 saturated heterocycles. The van der Waals surface area contributed by atoms with Gasteiger partial charge in [-0.3, -0.25) is 4.79 Å². The predicted molar refractivity (Wildman–Crippen MR) is 64.2 cm³/mol. The van der Waals surface area contributed by atoms with E-state index in [1.807, 2.05) is 12.1 Å². The van der Waals surface area contributed by atoms with E-state index < -0.39 is 6.04 Å². The Hall–Kier alpha value is -1.35. The van der Waals surface area contributed by atoms with E-state index in [1.54, 1.807) is 0 Å². The first-order valence-electron chi connectivity index (χ1n) is 5.47. The lowest BCUT2D eigenvalue weighted by atomic mass is 9.98. The first-order valence-corrected chi connectivity index (χ1v) is 5.47. The van der Waals surface area contributed by atoms with Crippen molar-refractivity contribution in [3.8, 4) is 0 Å². The number of hydrogen-bond donors (Lipinski definition) is 1. The van der Waals surface area contributed by atoms with Crippen molar-refractivity contribution < 1.29 is 9.53 Å². The van der Waals surface area contributed by atoms with Crippen LogP contribution in [0.3, 0.4) is 0 Å². The van der Waals surface area contributed by atoms with E-state index in [2.05, 4.69) is 30.7 Å². The van der Waals surface area contributed by atoms with Gasteiger partial charge in [0.2, 0.25) is 0 Å². The maximum atomic E-state index is 11.2. The van der Waals surface area contributed by atoms with Gasteiger partial charge in [-0.15, -0.1) is 0 Å². The molecule has 1 aromatic carbocycles. The average molecular weight is 221 g/mol. The number of rotatable bonds is 4. The lowest BCUT2D eigenvalue weighted by molar-refractivity contribution is -0.142. The van der Waals surface area contributed by atoms with E-state index in [4.69, 9.17) is 5.73 Å². The van der Waals surface area contributed by atoms with Crippen LogP contribution >= 0.6 is 0 Å². The number of ether oxygens (including phenoxy) is 1. The van der Waals surface area contributed by atoms with Crippen LogP contribution in [-0.2, 0) is 16.0 Å². The summed E-state index contributed by atoms with van der Waals surface area (Å²) in [4.78, 5) is 11.2. The van der Waals surface area contributed by atoms with E-state index in [1.165, 1.54) is 12.7 Å². The van der Waals surface area contributed by atoms with Crippen LogP contribution in [0.4, 0.5) is 0 Å². The highest BCUT2D eigenvalue weighted by Gasteiger charge is 2.14. The molecule has 0 bridgehead atoms. The third-order valence-corrected chi connectivity index (χ3v) is 2.58. The quantitative estimate of drug-likeness (QED) is 0.789. The lowest BCUT2D eigenvalue weighted by Crippen LogP contribution is -2.33. The Balaban J connectivity index is 2.74. The zero-order valence-corrected chi connectivity index (χ0v) is 10.1. The molecule has 0 heterocycles. The second-order valence-electron chi connectivity index (χ2n) is 4.23. The second kappa shape index (κ2) is 5.66. The Labute approximate surface area is 96.6 Å². The van der Waals surface area contributed by atoms with Gasteiger partial charge in [0, 0.05) is 0 Å². The summed E-state index contributed by atoms with van der Waals surface area (Å²) in [5, 5.41) is 0. The van der Waals surface area contributed by atoms with Crippen LogP contribution < -0.4 is 5.73 Å². The average Bonchev–Trinajstić information content (AvgIpc) is 2.28. The van der Waals surface area contributed by atoms with Crippen molar-refractivity contribution in [2.75, 3.05) is 7.11 Å². The molecular formula is C13H19NO2. The minimum Gasteiger partial charge on any atom is -0.468 e. The first kappa shape index (κ1) is 12.7. The monoisotopic (exact) mass is 221 g/mol. The number of hydrogen-bond acceptors (Lipinski definition) is 3. The minimum atomic E-state index is -0.576. The van der Waals surface area contributed by atoms with E-state index in [9.17, 15) is 4.79 Å². The summed E-state index contributed by atoms with van der Waals surface area (Å²) in [6.45, 7) is 4.28. The van der Waals surface area contributed by atoms with E-state index in [0.29, 0.717) is 12.3 Å². The van der Waals surface area contributed by atoms with Gasteiger partial charge >= 0.3 is 5.97 Å². The summed E-state index contributed by atoms with van der Waals surface area (Å²) in [6.07, 6.45) is 0.521. The van der Waals surface area contributed by atoms with Gasteiger partial charge < -0.3 is 10.5 Å². The van der Waals surface area contributed by atoms with E-state index in [-0.39, 0.29) is 5.97 Å². The molecule has 0 aliphatic heterocycles. The van der Waals surface area contributed by atoms with Gasteiger partial charge in [-0.1, -0.05) is 38.1 Å². The molecule has 3 heteroatoms. The molecule has 0 aliphatic carbocycles. The molecule has 0 spiro atoms. The predicted octanol–water partition coefficient (Wildman–Crippen LogP) is 1.85. The Bertz CT molecular complexity index is 361. The van der Waals surface area contributed by atoms with Crippen LogP contribution in [0.2, 0.25) is 0 Å². The molecule has 2 N–H and O–H groups in total. The summed E-state index contributed by atoms with van der Waals surface area (Å²) in [5.41, 5.74) is 8.04. The normalized spacial score (nSPS) is 12.6. The fourth-order valence-electron chi connectivity index (χ4n) is 1.57. The van der Waals surface area contributed by atoms with Gasteiger partial charge in [-0.2, -0.15) is 0 Å². The van der Waals surface area contributed by atoms with Gasteiger partial charge in [-0.25, -0.2) is 0 Å². The molecule has 88 valence electrons. The van der Waals surface area contributed by atoms with Gasteiger partial charge in [0.25, 0.3) is 0 Å². The maximum Gasteiger partial charge on any atom is 0.322 e. The third-order valence-electron chi connectivity index (χ3n) is 2.58. The number of methoxy groups -OCH3 is 1. The highest BCUT2D eigenvalue weighted by atomic mass is 16.5. The molecule has 1 rings (SSSR count). The molecule has 0 unspecified atom stereocenters. The molecule has 3 nitrogen and oxygen atoms in total. The standard InChI is InChI=1S/C13H19NO2/c1-9(2)11-6-4-5-10(7-11)8-12(14)13(15)16-3/h4-7,9,12H,8,14H2,1-3H3/t12-/m1/s1. The van der Waals surface area contributed by atoms with Crippen molar-refractivity contribution in [3.63, 3.8) is 0 Å². The van der Waals surface area contributed by atoms with E-state index >= 15 is 0 Å². The summed E-state index contributed by atoms with van der Waals surface area (Å²) in [6, 6.07) is 7.57. The van der Waals surface area contributed by atoms with E-state index in [0.717, 1.165) is 5.56 Å². The molecule has 1 aromatic rings. The third kappa shape index (κ3) is 3.35.